The average Bonchev–Trinajstić information content (AvgIpc) is 2.87. The van der Waals surface area contributed by atoms with E-state index in [1.807, 2.05) is 31.2 Å². The van der Waals surface area contributed by atoms with Crippen molar-refractivity contribution in [2.24, 2.45) is 0 Å². The second-order valence-corrected chi connectivity index (χ2v) is 5.51. The molecule has 6 heteroatoms. The van der Waals surface area contributed by atoms with Crippen molar-refractivity contribution in [1.82, 2.24) is 15.3 Å². The molecule has 108 valence electrons. The van der Waals surface area contributed by atoms with Gasteiger partial charge < -0.3 is 15.4 Å². The number of nitrogens with one attached hydrogen (secondary N) is 2. The summed E-state index contributed by atoms with van der Waals surface area (Å²) < 4.78 is 0. The topological polar surface area (TPSA) is 78.0 Å². The summed E-state index contributed by atoms with van der Waals surface area (Å²) in [7, 11) is 0. The lowest BCUT2D eigenvalue weighted by Crippen LogP contribution is -2.28. The van der Waals surface area contributed by atoms with Crippen LogP contribution in [0, 0.1) is 0 Å². The van der Waals surface area contributed by atoms with E-state index in [1.54, 1.807) is 0 Å². The molecule has 1 amide bonds. The fourth-order valence-corrected chi connectivity index (χ4v) is 2.48. The zero-order valence-electron chi connectivity index (χ0n) is 11.4. The van der Waals surface area contributed by atoms with Crippen LogP contribution in [0.3, 0.4) is 0 Å². The third-order valence-electron chi connectivity index (χ3n) is 2.98. The van der Waals surface area contributed by atoms with Crippen LogP contribution in [-0.2, 0) is 4.79 Å². The molecule has 2 aromatic rings. The molecule has 0 spiro atoms. The summed E-state index contributed by atoms with van der Waals surface area (Å²) in [5.74, 6) is 0.279. The first-order chi connectivity index (χ1) is 9.69. The van der Waals surface area contributed by atoms with E-state index < -0.39 is 0 Å². The summed E-state index contributed by atoms with van der Waals surface area (Å²) in [6.45, 7) is 2.43. The number of benzene rings is 1. The lowest BCUT2D eigenvalue weighted by atomic mass is 10.2. The highest BCUT2D eigenvalue weighted by Crippen LogP contribution is 2.18. The summed E-state index contributed by atoms with van der Waals surface area (Å²) >= 11 is 1.38. The fourth-order valence-electron chi connectivity index (χ4n) is 1.77. The lowest BCUT2D eigenvalue weighted by Gasteiger charge is -2.08. The second-order valence-electron chi connectivity index (χ2n) is 4.55. The molecule has 0 saturated carbocycles. The number of hydrogen-bond donors (Lipinski definition) is 3. The zero-order valence-corrected chi connectivity index (χ0v) is 12.2. The third-order valence-corrected chi connectivity index (χ3v) is 3.85. The number of carbonyl (C=O) groups excluding carboxylic acids is 1. The molecule has 20 heavy (non-hydrogen) atoms. The van der Waals surface area contributed by atoms with Crippen molar-refractivity contribution in [3.8, 4) is 0 Å². The summed E-state index contributed by atoms with van der Waals surface area (Å²) in [6, 6.07) is 7.77. The Bertz CT molecular complexity index is 537. The van der Waals surface area contributed by atoms with E-state index in [0.717, 1.165) is 16.2 Å². The molecule has 0 radical (unpaired) electrons. The van der Waals surface area contributed by atoms with Gasteiger partial charge in [0.05, 0.1) is 22.9 Å². The molecular weight excluding hydrogens is 274 g/mol. The van der Waals surface area contributed by atoms with Crippen molar-refractivity contribution in [3.63, 3.8) is 0 Å². The van der Waals surface area contributed by atoms with Gasteiger partial charge >= 0.3 is 0 Å². The van der Waals surface area contributed by atoms with Crippen molar-refractivity contribution in [3.05, 3.63) is 24.3 Å². The van der Waals surface area contributed by atoms with E-state index in [2.05, 4.69) is 15.3 Å². The summed E-state index contributed by atoms with van der Waals surface area (Å²) in [4.78, 5) is 19.2. The van der Waals surface area contributed by atoms with E-state index in [-0.39, 0.29) is 12.0 Å². The molecule has 2 rings (SSSR count). The standard InChI is InChI=1S/C14H19N3O2S/c1-2-10(18)7-8-15-13(19)9-20-14-16-11-5-3-4-6-12(11)17-14/h3-6,10,18H,2,7-9H2,1H3,(H,15,19)(H,16,17). The number of hydrogen-bond acceptors (Lipinski definition) is 4. The normalized spacial score (nSPS) is 12.5. The molecule has 0 aliphatic heterocycles. The molecule has 0 aliphatic carbocycles. The second kappa shape index (κ2) is 7.31. The van der Waals surface area contributed by atoms with Gasteiger partial charge in [-0.2, -0.15) is 0 Å². The Morgan fingerprint density at radius 3 is 3.05 bits per heavy atom. The van der Waals surface area contributed by atoms with Gasteiger partial charge in [0.1, 0.15) is 0 Å². The van der Waals surface area contributed by atoms with Crippen molar-refractivity contribution in [2.45, 2.75) is 31.0 Å². The number of fused-ring (bicyclic) bond motifs is 1. The molecule has 0 bridgehead atoms. The van der Waals surface area contributed by atoms with Crippen LogP contribution in [0.25, 0.3) is 11.0 Å². The van der Waals surface area contributed by atoms with Gasteiger partial charge in [-0.1, -0.05) is 30.8 Å². The number of amides is 1. The smallest absolute Gasteiger partial charge is 0.230 e. The number of rotatable bonds is 7. The molecule has 0 aliphatic rings. The highest BCUT2D eigenvalue weighted by atomic mass is 32.2. The van der Waals surface area contributed by atoms with Gasteiger partial charge in [0.25, 0.3) is 0 Å². The fraction of sp³-hybridized carbons (Fsp3) is 0.429. The van der Waals surface area contributed by atoms with Gasteiger partial charge in [-0.05, 0) is 25.0 Å². The molecule has 1 aromatic heterocycles. The van der Waals surface area contributed by atoms with Crippen LogP contribution in [0.15, 0.2) is 29.4 Å². The highest BCUT2D eigenvalue weighted by molar-refractivity contribution is 7.99. The molecule has 1 atom stereocenters. The number of carbonyl (C=O) groups is 1. The monoisotopic (exact) mass is 293 g/mol. The minimum atomic E-state index is -0.335. The Kier molecular flexibility index (Phi) is 5.43. The third kappa shape index (κ3) is 4.25. The number of H-pyrrole nitrogens is 1. The molecule has 1 unspecified atom stereocenters. The van der Waals surface area contributed by atoms with Crippen LogP contribution in [0.2, 0.25) is 0 Å². The largest absolute Gasteiger partial charge is 0.393 e. The minimum absolute atomic E-state index is 0.0428. The molecule has 5 nitrogen and oxygen atoms in total. The number of aliphatic hydroxyl groups excluding tert-OH is 1. The maximum atomic E-state index is 11.6. The first kappa shape index (κ1) is 14.9. The van der Waals surface area contributed by atoms with E-state index in [1.165, 1.54) is 11.8 Å². The Morgan fingerprint density at radius 2 is 2.30 bits per heavy atom. The van der Waals surface area contributed by atoms with Crippen LogP contribution in [-0.4, -0.2) is 39.4 Å². The number of para-hydroxylation sites is 2. The number of aromatic nitrogens is 2. The Hall–Kier alpha value is -1.53. The van der Waals surface area contributed by atoms with Crippen molar-refractivity contribution < 1.29 is 9.90 Å². The first-order valence-electron chi connectivity index (χ1n) is 6.71. The number of thioether (sulfide) groups is 1. The van der Waals surface area contributed by atoms with Crippen molar-refractivity contribution in [2.75, 3.05) is 12.3 Å². The van der Waals surface area contributed by atoms with Gasteiger partial charge in [0.15, 0.2) is 5.16 Å². The van der Waals surface area contributed by atoms with E-state index in [9.17, 15) is 9.90 Å². The van der Waals surface area contributed by atoms with Gasteiger partial charge in [-0.3, -0.25) is 4.79 Å². The van der Waals surface area contributed by atoms with Crippen LogP contribution in [0.5, 0.6) is 0 Å². The number of imidazole rings is 1. The maximum absolute atomic E-state index is 11.6. The molecule has 0 fully saturated rings. The van der Waals surface area contributed by atoms with Crippen LogP contribution in [0.1, 0.15) is 19.8 Å². The quantitative estimate of drug-likeness (QED) is 0.682. The predicted molar refractivity (Wildman–Crippen MR) is 80.7 cm³/mol. The number of aromatic amines is 1. The van der Waals surface area contributed by atoms with Gasteiger partial charge in [-0.15, -0.1) is 0 Å². The van der Waals surface area contributed by atoms with E-state index in [0.29, 0.717) is 25.1 Å². The van der Waals surface area contributed by atoms with Crippen LogP contribution < -0.4 is 5.32 Å². The van der Waals surface area contributed by atoms with E-state index in [4.69, 9.17) is 0 Å². The molecule has 0 saturated heterocycles. The van der Waals surface area contributed by atoms with E-state index >= 15 is 0 Å². The Morgan fingerprint density at radius 1 is 1.50 bits per heavy atom. The molecular formula is C14H19N3O2S. The Labute approximate surface area is 122 Å². The summed E-state index contributed by atoms with van der Waals surface area (Å²) in [5, 5.41) is 12.9. The minimum Gasteiger partial charge on any atom is -0.393 e. The predicted octanol–water partition coefficient (Wildman–Crippen LogP) is 1.93. The van der Waals surface area contributed by atoms with Crippen LogP contribution >= 0.6 is 11.8 Å². The van der Waals surface area contributed by atoms with Crippen LogP contribution in [0.4, 0.5) is 0 Å². The molecule has 1 heterocycles. The van der Waals surface area contributed by atoms with Gasteiger partial charge in [-0.25, -0.2) is 4.98 Å². The zero-order chi connectivity index (χ0) is 14.4. The lowest BCUT2D eigenvalue weighted by molar-refractivity contribution is -0.118. The maximum Gasteiger partial charge on any atom is 0.230 e. The SMILES string of the molecule is CCC(O)CCNC(=O)CSc1nc2ccccc2[nH]1. The van der Waals surface area contributed by atoms with Crippen molar-refractivity contribution >= 4 is 28.7 Å². The summed E-state index contributed by atoms with van der Waals surface area (Å²) in [6.07, 6.45) is 0.972. The Balaban J connectivity index is 1.75. The van der Waals surface area contributed by atoms with Gasteiger partial charge in [0, 0.05) is 6.54 Å². The molecule has 1 aromatic carbocycles. The van der Waals surface area contributed by atoms with Crippen molar-refractivity contribution in [1.29, 1.82) is 0 Å². The summed E-state index contributed by atoms with van der Waals surface area (Å²) in [5.41, 5.74) is 1.88. The van der Waals surface area contributed by atoms with Gasteiger partial charge in [0.2, 0.25) is 5.91 Å². The average molecular weight is 293 g/mol. The molecule has 3 N–H and O–H groups in total. The highest BCUT2D eigenvalue weighted by Gasteiger charge is 2.07. The number of nitrogens with zero attached hydrogens (tertiary/aromatic N) is 1. The number of aliphatic hydroxyl groups is 1. The first-order valence-corrected chi connectivity index (χ1v) is 7.70.